The summed E-state index contributed by atoms with van der Waals surface area (Å²) in [6, 6.07) is 2.09. The summed E-state index contributed by atoms with van der Waals surface area (Å²) in [5.74, 6) is 1.66. The number of rotatable bonds is 3. The Balaban J connectivity index is 1.92. The van der Waals surface area contributed by atoms with Crippen molar-refractivity contribution in [3.05, 3.63) is 23.7 Å². The van der Waals surface area contributed by atoms with E-state index in [0.29, 0.717) is 5.92 Å². The maximum atomic E-state index is 5.44. The lowest BCUT2D eigenvalue weighted by Crippen LogP contribution is -2.30. The molecule has 0 saturated carbocycles. The molecule has 112 valence electrons. The van der Waals surface area contributed by atoms with Gasteiger partial charge in [-0.25, -0.2) is 15.0 Å². The summed E-state index contributed by atoms with van der Waals surface area (Å²) in [5, 5.41) is 1.07. The van der Waals surface area contributed by atoms with Crippen molar-refractivity contribution in [2.45, 2.75) is 26.7 Å². The van der Waals surface area contributed by atoms with Crippen LogP contribution in [0.5, 0.6) is 0 Å². The van der Waals surface area contributed by atoms with Gasteiger partial charge in [-0.05, 0) is 44.2 Å². The molecular weight excluding hydrogens is 264 g/mol. The minimum atomic E-state index is 0.674. The standard InChI is InChI=1S/C16H22N4O/c1-11-8-12(2)19-15-14(11)16(18-10-17-15)20(3)9-13-4-6-21-7-5-13/h8,10,13H,4-7,9H2,1-3H3. The summed E-state index contributed by atoms with van der Waals surface area (Å²) >= 11 is 0. The van der Waals surface area contributed by atoms with Crippen LogP contribution < -0.4 is 4.90 Å². The van der Waals surface area contributed by atoms with Crippen LogP contribution in [0, 0.1) is 19.8 Å². The number of aryl methyl sites for hydroxylation is 2. The molecule has 0 unspecified atom stereocenters. The first-order valence-electron chi connectivity index (χ1n) is 7.53. The topological polar surface area (TPSA) is 51.1 Å². The molecule has 21 heavy (non-hydrogen) atoms. The molecule has 1 aliphatic rings. The summed E-state index contributed by atoms with van der Waals surface area (Å²) in [6.07, 6.45) is 3.87. The Morgan fingerprint density at radius 3 is 2.76 bits per heavy atom. The molecule has 1 saturated heterocycles. The molecule has 0 aliphatic carbocycles. The van der Waals surface area contributed by atoms with E-state index in [1.807, 2.05) is 6.92 Å². The number of nitrogens with zero attached hydrogens (tertiary/aromatic N) is 4. The Labute approximate surface area is 125 Å². The van der Waals surface area contributed by atoms with Crippen LogP contribution in [-0.4, -0.2) is 41.8 Å². The Morgan fingerprint density at radius 1 is 1.24 bits per heavy atom. The fourth-order valence-corrected chi connectivity index (χ4v) is 3.08. The van der Waals surface area contributed by atoms with Crippen molar-refractivity contribution in [1.29, 1.82) is 0 Å². The highest BCUT2D eigenvalue weighted by molar-refractivity contribution is 5.89. The molecule has 2 aromatic heterocycles. The van der Waals surface area contributed by atoms with Gasteiger partial charge in [0.05, 0.1) is 5.39 Å². The maximum Gasteiger partial charge on any atom is 0.165 e. The van der Waals surface area contributed by atoms with Crippen LogP contribution in [0.25, 0.3) is 11.0 Å². The van der Waals surface area contributed by atoms with Crippen LogP contribution in [0.1, 0.15) is 24.1 Å². The first kappa shape index (κ1) is 14.2. The van der Waals surface area contributed by atoms with Gasteiger partial charge in [0, 0.05) is 32.5 Å². The van der Waals surface area contributed by atoms with Gasteiger partial charge >= 0.3 is 0 Å². The number of aromatic nitrogens is 3. The van der Waals surface area contributed by atoms with E-state index >= 15 is 0 Å². The minimum absolute atomic E-state index is 0.674. The molecule has 5 nitrogen and oxygen atoms in total. The SMILES string of the molecule is Cc1cc(C)c2c(N(C)CC3CCOCC3)ncnc2n1. The molecule has 1 fully saturated rings. The van der Waals surface area contributed by atoms with Gasteiger partial charge in [-0.3, -0.25) is 0 Å². The summed E-state index contributed by atoms with van der Waals surface area (Å²) < 4.78 is 5.44. The number of hydrogen-bond donors (Lipinski definition) is 0. The lowest BCUT2D eigenvalue weighted by Gasteiger charge is -2.28. The zero-order valence-corrected chi connectivity index (χ0v) is 13.0. The quantitative estimate of drug-likeness (QED) is 0.867. The molecule has 0 aromatic carbocycles. The molecular formula is C16H22N4O. The summed E-state index contributed by atoms with van der Waals surface area (Å²) in [7, 11) is 2.11. The van der Waals surface area contributed by atoms with Crippen molar-refractivity contribution in [1.82, 2.24) is 15.0 Å². The fraction of sp³-hybridized carbons (Fsp3) is 0.562. The van der Waals surface area contributed by atoms with E-state index in [2.05, 4.69) is 39.9 Å². The van der Waals surface area contributed by atoms with Crippen LogP contribution in [0.3, 0.4) is 0 Å². The second-order valence-electron chi connectivity index (χ2n) is 5.91. The average molecular weight is 286 g/mol. The van der Waals surface area contributed by atoms with Gasteiger partial charge in [-0.1, -0.05) is 0 Å². The molecule has 0 amide bonds. The monoisotopic (exact) mass is 286 g/mol. The fourth-order valence-electron chi connectivity index (χ4n) is 3.08. The van der Waals surface area contributed by atoms with E-state index in [9.17, 15) is 0 Å². The molecule has 0 spiro atoms. The van der Waals surface area contributed by atoms with Crippen molar-refractivity contribution in [2.24, 2.45) is 5.92 Å². The molecule has 0 radical (unpaired) electrons. The van der Waals surface area contributed by atoms with Crippen molar-refractivity contribution in [3.63, 3.8) is 0 Å². The normalized spacial score (nSPS) is 16.3. The number of ether oxygens (including phenoxy) is 1. The highest BCUT2D eigenvalue weighted by Crippen LogP contribution is 2.26. The van der Waals surface area contributed by atoms with E-state index in [-0.39, 0.29) is 0 Å². The molecule has 0 N–H and O–H groups in total. The lowest BCUT2D eigenvalue weighted by molar-refractivity contribution is 0.0685. The molecule has 5 heteroatoms. The van der Waals surface area contributed by atoms with Crippen molar-refractivity contribution in [2.75, 3.05) is 31.7 Å². The molecule has 0 bridgehead atoms. The highest BCUT2D eigenvalue weighted by atomic mass is 16.5. The van der Waals surface area contributed by atoms with Crippen LogP contribution >= 0.6 is 0 Å². The van der Waals surface area contributed by atoms with Crippen LogP contribution in [0.2, 0.25) is 0 Å². The Bertz CT molecular complexity index is 637. The zero-order chi connectivity index (χ0) is 14.8. The highest BCUT2D eigenvalue weighted by Gasteiger charge is 2.19. The number of anilines is 1. The molecule has 3 heterocycles. The van der Waals surface area contributed by atoms with Crippen molar-refractivity contribution in [3.8, 4) is 0 Å². The van der Waals surface area contributed by atoms with Gasteiger partial charge in [0.1, 0.15) is 12.1 Å². The molecule has 0 atom stereocenters. The summed E-state index contributed by atoms with van der Waals surface area (Å²) in [5.41, 5.74) is 2.97. The van der Waals surface area contributed by atoms with Crippen molar-refractivity contribution >= 4 is 16.9 Å². The van der Waals surface area contributed by atoms with Gasteiger partial charge in [-0.2, -0.15) is 0 Å². The second kappa shape index (κ2) is 5.93. The predicted molar refractivity (Wildman–Crippen MR) is 83.6 cm³/mol. The van der Waals surface area contributed by atoms with Gasteiger partial charge in [0.2, 0.25) is 0 Å². The third-order valence-corrected chi connectivity index (χ3v) is 4.14. The zero-order valence-electron chi connectivity index (χ0n) is 13.0. The van der Waals surface area contributed by atoms with Gasteiger partial charge in [0.25, 0.3) is 0 Å². The second-order valence-corrected chi connectivity index (χ2v) is 5.91. The first-order chi connectivity index (χ1) is 10.1. The Kier molecular flexibility index (Phi) is 4.01. The van der Waals surface area contributed by atoms with Gasteiger partial charge < -0.3 is 9.64 Å². The maximum absolute atomic E-state index is 5.44. The predicted octanol–water partition coefficient (Wildman–Crippen LogP) is 2.50. The van der Waals surface area contributed by atoms with E-state index in [1.165, 1.54) is 5.56 Å². The van der Waals surface area contributed by atoms with E-state index in [1.54, 1.807) is 6.33 Å². The van der Waals surface area contributed by atoms with Crippen LogP contribution in [0.15, 0.2) is 12.4 Å². The van der Waals surface area contributed by atoms with E-state index in [0.717, 1.165) is 55.1 Å². The summed E-state index contributed by atoms with van der Waals surface area (Å²) in [6.45, 7) is 6.86. The third-order valence-electron chi connectivity index (χ3n) is 4.14. The van der Waals surface area contributed by atoms with E-state index < -0.39 is 0 Å². The smallest absolute Gasteiger partial charge is 0.165 e. The number of fused-ring (bicyclic) bond motifs is 1. The van der Waals surface area contributed by atoms with Crippen LogP contribution in [0.4, 0.5) is 5.82 Å². The molecule has 3 rings (SSSR count). The lowest BCUT2D eigenvalue weighted by atomic mass is 10.00. The molecule has 1 aliphatic heterocycles. The average Bonchev–Trinajstić information content (AvgIpc) is 2.47. The largest absolute Gasteiger partial charge is 0.381 e. The number of hydrogen-bond acceptors (Lipinski definition) is 5. The Hall–Kier alpha value is -1.75. The van der Waals surface area contributed by atoms with Crippen LogP contribution in [-0.2, 0) is 4.74 Å². The van der Waals surface area contributed by atoms with Gasteiger partial charge in [0.15, 0.2) is 5.65 Å². The van der Waals surface area contributed by atoms with Gasteiger partial charge in [-0.15, -0.1) is 0 Å². The summed E-state index contributed by atoms with van der Waals surface area (Å²) in [4.78, 5) is 15.6. The number of pyridine rings is 1. The third kappa shape index (κ3) is 2.97. The van der Waals surface area contributed by atoms with E-state index in [4.69, 9.17) is 4.74 Å². The molecule has 2 aromatic rings. The first-order valence-corrected chi connectivity index (χ1v) is 7.53. The van der Waals surface area contributed by atoms with Crippen molar-refractivity contribution < 1.29 is 4.74 Å². The Morgan fingerprint density at radius 2 is 2.00 bits per heavy atom. The minimum Gasteiger partial charge on any atom is -0.381 e.